The van der Waals surface area contributed by atoms with Crippen LogP contribution in [0.4, 0.5) is 0 Å². The molecule has 0 aliphatic rings. The minimum atomic E-state index is -2.51. The Morgan fingerprint density at radius 2 is 1.18 bits per heavy atom. The molecular weight excluding hydrogens is 382 g/mol. The van der Waals surface area contributed by atoms with Gasteiger partial charge in [0.05, 0.1) is 11.9 Å². The summed E-state index contributed by atoms with van der Waals surface area (Å²) in [5, 5.41) is 18.8. The van der Waals surface area contributed by atoms with Gasteiger partial charge in [-0.2, -0.15) is 0 Å². The summed E-state index contributed by atoms with van der Waals surface area (Å²) in [4.78, 5) is 18.8. The summed E-state index contributed by atoms with van der Waals surface area (Å²) >= 11 is -2.51. The van der Waals surface area contributed by atoms with Crippen LogP contribution >= 0.6 is 0 Å². The predicted octanol–water partition coefficient (Wildman–Crippen LogP) is -3.20. The van der Waals surface area contributed by atoms with E-state index in [1.807, 2.05) is 0 Å². The molecule has 0 spiro atoms. The molecule has 0 saturated carbocycles. The molecule has 0 aromatic rings. The van der Waals surface area contributed by atoms with Gasteiger partial charge in [0, 0.05) is 0 Å². The third-order valence-corrected chi connectivity index (χ3v) is 0.355. The van der Waals surface area contributed by atoms with E-state index in [9.17, 15) is 19.8 Å². The SMILES string of the molecule is O=C([O-])/C=C/C(=O)[O-].[O]=[U+2]=[O]. The van der Waals surface area contributed by atoms with Crippen LogP contribution in [0.25, 0.3) is 0 Å². The van der Waals surface area contributed by atoms with Gasteiger partial charge in [0.25, 0.3) is 0 Å². The molecule has 0 aliphatic carbocycles. The van der Waals surface area contributed by atoms with Gasteiger partial charge in [-0.25, -0.2) is 0 Å². The first-order valence-corrected chi connectivity index (χ1v) is 5.54. The van der Waals surface area contributed by atoms with Crippen molar-refractivity contribution in [1.29, 1.82) is 0 Å². The van der Waals surface area contributed by atoms with Crippen LogP contribution in [-0.2, 0) is 14.1 Å². The Kier molecular flexibility index (Phi) is 11.0. The van der Waals surface area contributed by atoms with Crippen LogP contribution in [0.3, 0.4) is 0 Å². The van der Waals surface area contributed by atoms with Crippen molar-refractivity contribution < 1.29 is 52.1 Å². The Balaban J connectivity index is 0. The van der Waals surface area contributed by atoms with Crippen LogP contribution < -0.4 is 10.2 Å². The number of carboxylic acid groups (broad SMARTS) is 2. The van der Waals surface area contributed by atoms with Gasteiger partial charge in [0.15, 0.2) is 0 Å². The maximum absolute atomic E-state index is 9.41. The molecule has 0 heterocycles. The fraction of sp³-hybridized carbons (Fsp3) is 0. The predicted molar refractivity (Wildman–Crippen MR) is 20.5 cm³/mol. The Morgan fingerprint density at radius 3 is 1.27 bits per heavy atom. The van der Waals surface area contributed by atoms with Crippen LogP contribution in [0.15, 0.2) is 12.2 Å². The van der Waals surface area contributed by atoms with Gasteiger partial charge in [0.2, 0.25) is 0 Å². The van der Waals surface area contributed by atoms with Gasteiger partial charge >= 0.3 is 32.3 Å². The van der Waals surface area contributed by atoms with E-state index in [2.05, 4.69) is 0 Å². The van der Waals surface area contributed by atoms with Gasteiger partial charge in [-0.3, -0.25) is 0 Å². The molecule has 0 rings (SSSR count). The monoisotopic (exact) mass is 384 g/mol. The molecule has 0 unspecified atom stereocenters. The van der Waals surface area contributed by atoms with E-state index in [0.29, 0.717) is 12.2 Å². The molecule has 0 radical (unpaired) electrons. The third kappa shape index (κ3) is 26.7. The molecule has 0 aromatic heterocycles. The van der Waals surface area contributed by atoms with Gasteiger partial charge in [-0.15, -0.1) is 0 Å². The Hall–Kier alpha value is -0.668. The fourth-order valence-electron chi connectivity index (χ4n) is 0.136. The molecule has 0 bridgehead atoms. The zero-order valence-electron chi connectivity index (χ0n) is 5.10. The average molecular weight is 384 g/mol. The topological polar surface area (TPSA) is 114 Å². The molecule has 11 heavy (non-hydrogen) atoms. The van der Waals surface area contributed by atoms with Gasteiger partial charge in [-0.05, 0) is 12.2 Å². The van der Waals surface area contributed by atoms with Crippen molar-refractivity contribution in [2.45, 2.75) is 0 Å². The molecule has 0 aliphatic heterocycles. The molecule has 7 heteroatoms. The number of hydrogen-bond donors (Lipinski definition) is 0. The average Bonchev–Trinajstić information content (AvgIpc) is 1.85. The van der Waals surface area contributed by atoms with E-state index < -0.39 is 39.8 Å². The van der Waals surface area contributed by atoms with Crippen molar-refractivity contribution in [3.63, 3.8) is 0 Å². The normalized spacial score (nSPS) is 7.64. The van der Waals surface area contributed by atoms with Gasteiger partial charge in [-0.1, -0.05) is 0 Å². The second kappa shape index (κ2) is 9.33. The number of carboxylic acids is 2. The van der Waals surface area contributed by atoms with Crippen molar-refractivity contribution >= 4 is 11.9 Å². The third-order valence-electron chi connectivity index (χ3n) is 0.355. The van der Waals surface area contributed by atoms with Gasteiger partial charge in [0.1, 0.15) is 0 Å². The fourth-order valence-corrected chi connectivity index (χ4v) is 0.136. The summed E-state index contributed by atoms with van der Waals surface area (Å²) in [5.41, 5.74) is 0. The summed E-state index contributed by atoms with van der Waals surface area (Å²) in [6, 6.07) is 0. The molecule has 0 aromatic carbocycles. The number of hydrogen-bond acceptors (Lipinski definition) is 6. The van der Waals surface area contributed by atoms with Crippen LogP contribution in [0.2, 0.25) is 0 Å². The molecule has 6 nitrogen and oxygen atoms in total. The van der Waals surface area contributed by atoms with Crippen LogP contribution in [0, 0.1) is 27.8 Å². The first-order valence-electron chi connectivity index (χ1n) is 2.14. The van der Waals surface area contributed by atoms with Gasteiger partial charge < -0.3 is 19.8 Å². The number of aliphatic carboxylic acids is 2. The Labute approximate surface area is 76.1 Å². The minimum absolute atomic E-state index is 0.384. The molecular formula is C4H2O6U. The van der Waals surface area contributed by atoms with E-state index in [-0.39, 0.29) is 0 Å². The molecule has 58 valence electrons. The molecule has 0 saturated heterocycles. The van der Waals surface area contributed by atoms with Crippen molar-refractivity contribution in [2.75, 3.05) is 0 Å². The van der Waals surface area contributed by atoms with E-state index in [0.717, 1.165) is 0 Å². The van der Waals surface area contributed by atoms with E-state index >= 15 is 0 Å². The first-order chi connectivity index (χ1) is 5.04. The Bertz CT molecular complexity index is 185. The molecule has 0 N–H and O–H groups in total. The number of carbonyl (C=O) groups is 2. The zero-order valence-corrected chi connectivity index (χ0v) is 9.27. The summed E-state index contributed by atoms with van der Waals surface area (Å²) in [5.74, 6) is -3.09. The number of rotatable bonds is 2. The van der Waals surface area contributed by atoms with Crippen molar-refractivity contribution in [3.8, 4) is 0 Å². The summed E-state index contributed by atoms with van der Waals surface area (Å²) in [6.07, 6.45) is 0.769. The molecule has 0 fully saturated rings. The number of carbonyl (C=O) groups excluding carboxylic acids is 2. The Morgan fingerprint density at radius 1 is 1.00 bits per heavy atom. The zero-order chi connectivity index (χ0) is 9.28. The van der Waals surface area contributed by atoms with Crippen LogP contribution in [-0.4, -0.2) is 11.9 Å². The summed E-state index contributed by atoms with van der Waals surface area (Å²) in [6.45, 7) is 0. The van der Waals surface area contributed by atoms with Crippen LogP contribution in [0.1, 0.15) is 0 Å². The molecule has 0 amide bonds. The van der Waals surface area contributed by atoms with E-state index in [1.54, 1.807) is 0 Å². The van der Waals surface area contributed by atoms with Crippen molar-refractivity contribution in [1.82, 2.24) is 0 Å². The summed E-state index contributed by atoms with van der Waals surface area (Å²) in [7, 11) is 0. The van der Waals surface area contributed by atoms with Crippen LogP contribution in [0.5, 0.6) is 0 Å². The summed E-state index contributed by atoms with van der Waals surface area (Å²) < 4.78 is 17.2. The van der Waals surface area contributed by atoms with Crippen molar-refractivity contribution in [3.05, 3.63) is 12.2 Å². The molecule has 0 atom stereocenters. The first kappa shape index (κ1) is 13.0. The quantitative estimate of drug-likeness (QED) is 0.464. The second-order valence-corrected chi connectivity index (χ2v) is 1.75. The van der Waals surface area contributed by atoms with E-state index in [1.165, 1.54) is 0 Å². The maximum atomic E-state index is 9.41. The van der Waals surface area contributed by atoms with E-state index in [4.69, 9.17) is 4.47 Å². The second-order valence-electron chi connectivity index (χ2n) is 1.05. The standard InChI is InChI=1S/C4H4O4.2O.U/c5-3(6)1-2-4(7)8;;;/h1-2H,(H,5,6)(H,7,8);;;/q;;;+2/p-2/b2-1+;;;. The van der Waals surface area contributed by atoms with Crippen molar-refractivity contribution in [2.24, 2.45) is 0 Å².